The van der Waals surface area contributed by atoms with Crippen molar-refractivity contribution in [2.75, 3.05) is 13.2 Å². The number of rotatable bonds is 2. The van der Waals surface area contributed by atoms with Crippen LogP contribution in [0.1, 0.15) is 21.7 Å². The van der Waals surface area contributed by atoms with E-state index in [0.717, 1.165) is 29.1 Å². The number of hydrogen-bond donors (Lipinski definition) is 0. The molecule has 0 fully saturated rings. The van der Waals surface area contributed by atoms with Crippen molar-refractivity contribution in [1.29, 1.82) is 0 Å². The second-order valence-corrected chi connectivity index (χ2v) is 4.44. The fourth-order valence-corrected chi connectivity index (χ4v) is 2.24. The summed E-state index contributed by atoms with van der Waals surface area (Å²) in [6, 6.07) is 5.64. The van der Waals surface area contributed by atoms with Crippen molar-refractivity contribution in [3.8, 4) is 17.2 Å². The third kappa shape index (κ3) is 1.87. The molecule has 0 spiro atoms. The van der Waals surface area contributed by atoms with Gasteiger partial charge in [0.05, 0.1) is 22.6 Å². The number of hydrogen-bond acceptors (Lipinski definition) is 4. The number of nitrogens with zero attached hydrogens (tertiary/aromatic N) is 2. The predicted octanol–water partition coefficient (Wildman–Crippen LogP) is 2.07. The zero-order chi connectivity index (χ0) is 13.4. The highest BCUT2D eigenvalue weighted by atomic mass is 16.6. The molecule has 0 bridgehead atoms. The standard InChI is InChI=1S/C14H14N2O3/c1-9-12(8-17)10(2)16(15-9)11-3-4-13-14(7-11)19-6-5-18-13/h3-4,7-8H,5-6H2,1-2H3. The first-order chi connectivity index (χ1) is 9.20. The van der Waals surface area contributed by atoms with Gasteiger partial charge >= 0.3 is 0 Å². The summed E-state index contributed by atoms with van der Waals surface area (Å²) in [5, 5.41) is 4.39. The monoisotopic (exact) mass is 258 g/mol. The Morgan fingerprint density at radius 1 is 1.21 bits per heavy atom. The molecule has 2 aromatic rings. The Morgan fingerprint density at radius 2 is 1.95 bits per heavy atom. The van der Waals surface area contributed by atoms with Gasteiger partial charge in [0.25, 0.3) is 0 Å². The van der Waals surface area contributed by atoms with Gasteiger partial charge in [0, 0.05) is 6.07 Å². The topological polar surface area (TPSA) is 53.4 Å². The molecule has 3 rings (SSSR count). The average Bonchev–Trinajstić information content (AvgIpc) is 2.73. The quantitative estimate of drug-likeness (QED) is 0.774. The van der Waals surface area contributed by atoms with Crippen LogP contribution in [0.15, 0.2) is 18.2 Å². The predicted molar refractivity (Wildman–Crippen MR) is 69.4 cm³/mol. The molecule has 1 aliphatic rings. The molecule has 1 aromatic carbocycles. The van der Waals surface area contributed by atoms with Gasteiger partial charge in [-0.2, -0.15) is 5.10 Å². The maximum absolute atomic E-state index is 11.0. The van der Waals surface area contributed by atoms with Crippen LogP contribution in [0.4, 0.5) is 0 Å². The van der Waals surface area contributed by atoms with Gasteiger partial charge in [-0.1, -0.05) is 0 Å². The Labute approximate surface area is 110 Å². The number of benzene rings is 1. The lowest BCUT2D eigenvalue weighted by molar-refractivity contribution is 0.112. The second kappa shape index (κ2) is 4.42. The number of aldehydes is 1. The van der Waals surface area contributed by atoms with E-state index in [9.17, 15) is 4.79 Å². The maximum atomic E-state index is 11.0. The molecule has 19 heavy (non-hydrogen) atoms. The zero-order valence-corrected chi connectivity index (χ0v) is 10.8. The molecule has 5 nitrogen and oxygen atoms in total. The number of carbonyl (C=O) groups is 1. The van der Waals surface area contributed by atoms with Gasteiger partial charge < -0.3 is 9.47 Å². The molecule has 0 aliphatic carbocycles. The molecule has 0 amide bonds. The summed E-state index contributed by atoms with van der Waals surface area (Å²) >= 11 is 0. The van der Waals surface area contributed by atoms with E-state index >= 15 is 0 Å². The molecule has 0 saturated heterocycles. The largest absolute Gasteiger partial charge is 0.486 e. The average molecular weight is 258 g/mol. The number of aryl methyl sites for hydroxylation is 1. The van der Waals surface area contributed by atoms with E-state index in [0.29, 0.717) is 24.5 Å². The third-order valence-electron chi connectivity index (χ3n) is 3.24. The molecular formula is C14H14N2O3. The van der Waals surface area contributed by atoms with Crippen molar-refractivity contribution < 1.29 is 14.3 Å². The lowest BCUT2D eigenvalue weighted by atomic mass is 10.2. The van der Waals surface area contributed by atoms with Gasteiger partial charge in [-0.25, -0.2) is 4.68 Å². The van der Waals surface area contributed by atoms with Gasteiger partial charge in [0.1, 0.15) is 13.2 Å². The molecule has 0 N–H and O–H groups in total. The molecular weight excluding hydrogens is 244 g/mol. The van der Waals surface area contributed by atoms with Crippen LogP contribution in [-0.4, -0.2) is 29.3 Å². The smallest absolute Gasteiger partial charge is 0.163 e. The molecule has 0 radical (unpaired) electrons. The van der Waals surface area contributed by atoms with Crippen LogP contribution in [0.3, 0.4) is 0 Å². The van der Waals surface area contributed by atoms with E-state index in [1.54, 1.807) is 4.68 Å². The van der Waals surface area contributed by atoms with Crippen LogP contribution in [0.25, 0.3) is 5.69 Å². The Kier molecular flexibility index (Phi) is 2.74. The van der Waals surface area contributed by atoms with Crippen molar-refractivity contribution in [2.24, 2.45) is 0 Å². The summed E-state index contributed by atoms with van der Waals surface area (Å²) in [6.45, 7) is 4.82. The van der Waals surface area contributed by atoms with Crippen molar-refractivity contribution >= 4 is 6.29 Å². The third-order valence-corrected chi connectivity index (χ3v) is 3.24. The molecule has 98 valence electrons. The van der Waals surface area contributed by atoms with E-state index in [1.807, 2.05) is 32.0 Å². The van der Waals surface area contributed by atoms with Gasteiger partial charge in [-0.3, -0.25) is 4.79 Å². The molecule has 1 aromatic heterocycles. The van der Waals surface area contributed by atoms with Crippen molar-refractivity contribution in [1.82, 2.24) is 9.78 Å². The molecule has 5 heteroatoms. The van der Waals surface area contributed by atoms with Crippen molar-refractivity contribution in [3.63, 3.8) is 0 Å². The summed E-state index contributed by atoms with van der Waals surface area (Å²) in [5.41, 5.74) is 3.04. The molecule has 0 atom stereocenters. The number of ether oxygens (including phenoxy) is 2. The van der Waals surface area contributed by atoms with Crippen LogP contribution in [-0.2, 0) is 0 Å². The molecule has 1 aliphatic heterocycles. The molecule has 2 heterocycles. The van der Waals surface area contributed by atoms with Crippen LogP contribution >= 0.6 is 0 Å². The first-order valence-corrected chi connectivity index (χ1v) is 6.12. The number of fused-ring (bicyclic) bond motifs is 1. The van der Waals surface area contributed by atoms with Gasteiger partial charge in [-0.15, -0.1) is 0 Å². The highest BCUT2D eigenvalue weighted by Gasteiger charge is 2.16. The minimum Gasteiger partial charge on any atom is -0.486 e. The minimum absolute atomic E-state index is 0.549. The van der Waals surface area contributed by atoms with E-state index in [2.05, 4.69) is 5.10 Å². The molecule has 0 unspecified atom stereocenters. The van der Waals surface area contributed by atoms with Gasteiger partial charge in [0.15, 0.2) is 17.8 Å². The van der Waals surface area contributed by atoms with E-state index in [-0.39, 0.29) is 0 Å². The first kappa shape index (κ1) is 11.8. The lowest BCUT2D eigenvalue weighted by Crippen LogP contribution is -2.15. The summed E-state index contributed by atoms with van der Waals surface area (Å²) in [5.74, 6) is 1.45. The summed E-state index contributed by atoms with van der Waals surface area (Å²) in [6.07, 6.45) is 0.839. The normalized spacial score (nSPS) is 13.4. The fourth-order valence-electron chi connectivity index (χ4n) is 2.24. The SMILES string of the molecule is Cc1nn(-c2ccc3c(c2)OCCO3)c(C)c1C=O. The Balaban J connectivity index is 2.09. The van der Waals surface area contributed by atoms with Crippen LogP contribution in [0.5, 0.6) is 11.5 Å². The van der Waals surface area contributed by atoms with Crippen LogP contribution in [0, 0.1) is 13.8 Å². The second-order valence-electron chi connectivity index (χ2n) is 4.44. The first-order valence-electron chi connectivity index (χ1n) is 6.12. The lowest BCUT2D eigenvalue weighted by Gasteiger charge is -2.19. The Bertz CT molecular complexity index is 646. The summed E-state index contributed by atoms with van der Waals surface area (Å²) < 4.78 is 12.8. The fraction of sp³-hybridized carbons (Fsp3) is 0.286. The minimum atomic E-state index is 0.549. The highest BCUT2D eigenvalue weighted by Crippen LogP contribution is 2.32. The summed E-state index contributed by atoms with van der Waals surface area (Å²) in [7, 11) is 0. The Morgan fingerprint density at radius 3 is 2.63 bits per heavy atom. The molecule has 0 saturated carbocycles. The Hall–Kier alpha value is -2.30. The maximum Gasteiger partial charge on any atom is 0.163 e. The van der Waals surface area contributed by atoms with Crippen molar-refractivity contribution in [3.05, 3.63) is 35.2 Å². The van der Waals surface area contributed by atoms with Crippen LogP contribution < -0.4 is 9.47 Å². The van der Waals surface area contributed by atoms with E-state index < -0.39 is 0 Å². The van der Waals surface area contributed by atoms with E-state index in [1.165, 1.54) is 0 Å². The van der Waals surface area contributed by atoms with Gasteiger partial charge in [-0.05, 0) is 26.0 Å². The van der Waals surface area contributed by atoms with Gasteiger partial charge in [0.2, 0.25) is 0 Å². The zero-order valence-electron chi connectivity index (χ0n) is 10.8. The van der Waals surface area contributed by atoms with Crippen molar-refractivity contribution in [2.45, 2.75) is 13.8 Å². The number of carbonyl (C=O) groups excluding carboxylic acids is 1. The highest BCUT2D eigenvalue weighted by molar-refractivity contribution is 5.78. The van der Waals surface area contributed by atoms with Crippen LogP contribution in [0.2, 0.25) is 0 Å². The van der Waals surface area contributed by atoms with E-state index in [4.69, 9.17) is 9.47 Å². The summed E-state index contributed by atoms with van der Waals surface area (Å²) in [4.78, 5) is 11.0. The number of aromatic nitrogens is 2.